The third-order valence-electron chi connectivity index (χ3n) is 1.96. The normalized spacial score (nSPS) is 12.4. The summed E-state index contributed by atoms with van der Waals surface area (Å²) in [5.74, 6) is 3.48. The Bertz CT molecular complexity index is 127. The lowest BCUT2D eigenvalue weighted by molar-refractivity contribution is 0.427. The second-order valence-corrected chi connectivity index (χ2v) is 6.55. The predicted molar refractivity (Wildman–Crippen MR) is 69.2 cm³/mol. The average molecular weight is 217 g/mol. The molecule has 0 aromatic rings. The summed E-state index contributed by atoms with van der Waals surface area (Å²) < 4.78 is 0. The van der Waals surface area contributed by atoms with Crippen LogP contribution in [0.1, 0.15) is 47.5 Å². The van der Waals surface area contributed by atoms with Gasteiger partial charge in [-0.3, -0.25) is 0 Å². The molecular formula is C12H27NS. The van der Waals surface area contributed by atoms with Crippen LogP contribution in [0, 0.1) is 5.92 Å². The molecule has 0 aliphatic heterocycles. The first-order valence-electron chi connectivity index (χ1n) is 5.74. The van der Waals surface area contributed by atoms with Crippen molar-refractivity contribution < 1.29 is 0 Å². The van der Waals surface area contributed by atoms with Gasteiger partial charge in [0.1, 0.15) is 0 Å². The van der Waals surface area contributed by atoms with E-state index in [9.17, 15) is 0 Å². The summed E-state index contributed by atoms with van der Waals surface area (Å²) >= 11 is 2.09. The van der Waals surface area contributed by atoms with Crippen molar-refractivity contribution in [2.45, 2.75) is 53.0 Å². The Balaban J connectivity index is 3.07. The van der Waals surface area contributed by atoms with Crippen LogP contribution in [0.15, 0.2) is 0 Å². The Kier molecular flexibility index (Phi) is 7.75. The van der Waals surface area contributed by atoms with Gasteiger partial charge < -0.3 is 5.32 Å². The molecule has 0 heterocycles. The second-order valence-electron chi connectivity index (χ2n) is 5.33. The molecule has 0 aliphatic carbocycles. The zero-order chi connectivity index (χ0) is 11.0. The van der Waals surface area contributed by atoms with Crippen LogP contribution in [0.4, 0.5) is 0 Å². The largest absolute Gasteiger partial charge is 0.312 e. The minimum atomic E-state index is 0.280. The molecular weight excluding hydrogens is 190 g/mol. The maximum atomic E-state index is 3.51. The van der Waals surface area contributed by atoms with E-state index < -0.39 is 0 Å². The fourth-order valence-electron chi connectivity index (χ4n) is 1.06. The van der Waals surface area contributed by atoms with Crippen molar-refractivity contribution in [3.8, 4) is 0 Å². The lowest BCUT2D eigenvalue weighted by Gasteiger charge is -2.20. The number of rotatable bonds is 7. The van der Waals surface area contributed by atoms with E-state index in [4.69, 9.17) is 0 Å². The van der Waals surface area contributed by atoms with Gasteiger partial charge >= 0.3 is 0 Å². The fourth-order valence-corrected chi connectivity index (χ4v) is 2.25. The van der Waals surface area contributed by atoms with Gasteiger partial charge in [-0.2, -0.15) is 11.8 Å². The van der Waals surface area contributed by atoms with Crippen LogP contribution < -0.4 is 5.32 Å². The van der Waals surface area contributed by atoms with Gasteiger partial charge in [0.2, 0.25) is 0 Å². The van der Waals surface area contributed by atoms with E-state index in [0.717, 1.165) is 12.5 Å². The number of nitrogens with one attached hydrogen (secondary N) is 1. The Morgan fingerprint density at radius 2 is 1.79 bits per heavy atom. The number of thioether (sulfide) groups is 1. The van der Waals surface area contributed by atoms with Crippen LogP contribution in [-0.4, -0.2) is 23.6 Å². The summed E-state index contributed by atoms with van der Waals surface area (Å²) in [7, 11) is 0. The highest BCUT2D eigenvalue weighted by atomic mass is 32.2. The van der Waals surface area contributed by atoms with Gasteiger partial charge in [0.15, 0.2) is 0 Å². The smallest absolute Gasteiger partial charge is 0.00965 e. The van der Waals surface area contributed by atoms with Gasteiger partial charge in [-0.05, 0) is 57.6 Å². The van der Waals surface area contributed by atoms with E-state index in [0.29, 0.717) is 0 Å². The highest BCUT2D eigenvalue weighted by molar-refractivity contribution is 7.99. The summed E-state index contributed by atoms with van der Waals surface area (Å²) in [6.45, 7) is 12.4. The van der Waals surface area contributed by atoms with Crippen LogP contribution in [0.2, 0.25) is 0 Å². The summed E-state index contributed by atoms with van der Waals surface area (Å²) in [4.78, 5) is 0. The van der Waals surface area contributed by atoms with Crippen molar-refractivity contribution in [3.63, 3.8) is 0 Å². The standard InChI is InChI=1S/C12H27NS/c1-11(2)7-10-14-9-6-8-13-12(3,4)5/h11,13H,6-10H2,1-5H3. The van der Waals surface area contributed by atoms with Gasteiger partial charge in [0.25, 0.3) is 0 Å². The van der Waals surface area contributed by atoms with Crippen LogP contribution in [0.5, 0.6) is 0 Å². The fraction of sp³-hybridized carbons (Fsp3) is 1.00. The molecule has 0 bridgehead atoms. The van der Waals surface area contributed by atoms with E-state index in [1.165, 1.54) is 24.3 Å². The quantitative estimate of drug-likeness (QED) is 0.655. The Hall–Kier alpha value is 0.310. The van der Waals surface area contributed by atoms with E-state index in [1.807, 2.05) is 0 Å². The number of hydrogen-bond acceptors (Lipinski definition) is 2. The van der Waals surface area contributed by atoms with E-state index >= 15 is 0 Å². The van der Waals surface area contributed by atoms with Gasteiger partial charge in [0.05, 0.1) is 0 Å². The van der Waals surface area contributed by atoms with Crippen LogP contribution in [-0.2, 0) is 0 Å². The lowest BCUT2D eigenvalue weighted by Crippen LogP contribution is -2.36. The predicted octanol–water partition coefficient (Wildman–Crippen LogP) is 3.54. The van der Waals surface area contributed by atoms with Crippen molar-refractivity contribution in [1.82, 2.24) is 5.32 Å². The van der Waals surface area contributed by atoms with Crippen molar-refractivity contribution in [2.75, 3.05) is 18.1 Å². The van der Waals surface area contributed by atoms with E-state index in [1.54, 1.807) is 0 Å². The first-order chi connectivity index (χ1) is 6.42. The monoisotopic (exact) mass is 217 g/mol. The molecule has 1 nitrogen and oxygen atoms in total. The molecule has 2 heteroatoms. The highest BCUT2D eigenvalue weighted by Crippen LogP contribution is 2.09. The first-order valence-corrected chi connectivity index (χ1v) is 6.90. The number of hydrogen-bond donors (Lipinski definition) is 1. The summed E-state index contributed by atoms with van der Waals surface area (Å²) in [6, 6.07) is 0. The molecule has 0 rings (SSSR count). The zero-order valence-corrected chi connectivity index (χ0v) is 11.3. The van der Waals surface area contributed by atoms with Gasteiger partial charge in [0, 0.05) is 5.54 Å². The molecule has 0 aromatic heterocycles. The highest BCUT2D eigenvalue weighted by Gasteiger charge is 2.06. The molecule has 0 spiro atoms. The molecule has 0 atom stereocenters. The Morgan fingerprint density at radius 1 is 1.14 bits per heavy atom. The Labute approximate surface area is 94.4 Å². The molecule has 0 fully saturated rings. The van der Waals surface area contributed by atoms with Crippen LogP contribution in [0.3, 0.4) is 0 Å². The molecule has 0 aromatic carbocycles. The Morgan fingerprint density at radius 3 is 2.29 bits per heavy atom. The first kappa shape index (κ1) is 14.3. The minimum absolute atomic E-state index is 0.280. The zero-order valence-electron chi connectivity index (χ0n) is 10.5. The van der Waals surface area contributed by atoms with Crippen molar-refractivity contribution in [3.05, 3.63) is 0 Å². The maximum absolute atomic E-state index is 3.51. The van der Waals surface area contributed by atoms with Crippen LogP contribution in [0.25, 0.3) is 0 Å². The molecule has 0 aliphatic rings. The molecule has 0 radical (unpaired) electrons. The molecule has 0 unspecified atom stereocenters. The summed E-state index contributed by atoms with van der Waals surface area (Å²) in [5.41, 5.74) is 0.280. The summed E-state index contributed by atoms with van der Waals surface area (Å²) in [5, 5.41) is 3.51. The molecule has 14 heavy (non-hydrogen) atoms. The van der Waals surface area contributed by atoms with E-state index in [2.05, 4.69) is 51.7 Å². The SMILES string of the molecule is CC(C)CCSCCCNC(C)(C)C. The average Bonchev–Trinajstić information content (AvgIpc) is 2.00. The molecule has 86 valence electrons. The lowest BCUT2D eigenvalue weighted by atomic mass is 10.1. The maximum Gasteiger partial charge on any atom is 0.00965 e. The summed E-state index contributed by atoms with van der Waals surface area (Å²) in [6.07, 6.45) is 2.65. The molecule has 0 amide bonds. The molecule has 0 saturated carbocycles. The topological polar surface area (TPSA) is 12.0 Å². The van der Waals surface area contributed by atoms with Gasteiger partial charge in [-0.15, -0.1) is 0 Å². The van der Waals surface area contributed by atoms with E-state index in [-0.39, 0.29) is 5.54 Å². The van der Waals surface area contributed by atoms with Gasteiger partial charge in [-0.25, -0.2) is 0 Å². The second kappa shape index (κ2) is 7.58. The van der Waals surface area contributed by atoms with Crippen molar-refractivity contribution >= 4 is 11.8 Å². The molecule has 1 N–H and O–H groups in total. The van der Waals surface area contributed by atoms with Crippen molar-refractivity contribution in [2.24, 2.45) is 5.92 Å². The minimum Gasteiger partial charge on any atom is -0.312 e. The molecule has 0 saturated heterocycles. The van der Waals surface area contributed by atoms with Crippen molar-refractivity contribution in [1.29, 1.82) is 0 Å². The van der Waals surface area contributed by atoms with Crippen LogP contribution >= 0.6 is 11.8 Å². The third kappa shape index (κ3) is 12.3. The third-order valence-corrected chi connectivity index (χ3v) is 3.06. The van der Waals surface area contributed by atoms with Gasteiger partial charge in [-0.1, -0.05) is 13.8 Å².